The Labute approximate surface area is 131 Å². The molecular weight excluding hydrogens is 426 g/mol. The molecular formula is C9H9BrF10O3. The number of halogens is 11. The van der Waals surface area contributed by atoms with Crippen molar-refractivity contribution in [2.45, 2.75) is 37.3 Å². The molecule has 0 aliphatic carbocycles. The third-order valence-electron chi connectivity index (χ3n) is 1.83. The fourth-order valence-electron chi connectivity index (χ4n) is 0.899. The highest BCUT2D eigenvalue weighted by molar-refractivity contribution is 9.09. The SMILES string of the molecule is FC(F)C(F)(F)OC(F)(F)C(F)(F)OC(F)(F)COCCCBr. The smallest absolute Gasteiger partial charge is 0.372 e. The molecule has 0 aromatic carbocycles. The second-order valence-electron chi connectivity index (χ2n) is 3.83. The van der Waals surface area contributed by atoms with Gasteiger partial charge in [0.05, 0.1) is 0 Å². The van der Waals surface area contributed by atoms with Gasteiger partial charge >= 0.3 is 30.9 Å². The predicted octanol–water partition coefficient (Wildman–Crippen LogP) is 4.46. The van der Waals surface area contributed by atoms with Gasteiger partial charge in [-0.2, -0.15) is 35.1 Å². The molecule has 0 atom stereocenters. The van der Waals surface area contributed by atoms with Gasteiger partial charge in [0.25, 0.3) is 0 Å². The summed E-state index contributed by atoms with van der Waals surface area (Å²) in [4.78, 5) is 0. The highest BCUT2D eigenvalue weighted by Crippen LogP contribution is 2.44. The molecule has 0 rings (SSSR count). The molecule has 0 saturated carbocycles. The van der Waals surface area contributed by atoms with Crippen LogP contribution in [0.4, 0.5) is 43.9 Å². The lowest BCUT2D eigenvalue weighted by atomic mass is 10.5. The summed E-state index contributed by atoms with van der Waals surface area (Å²) in [6, 6.07) is 0. The predicted molar refractivity (Wildman–Crippen MR) is 57.2 cm³/mol. The largest absolute Gasteiger partial charge is 0.453 e. The van der Waals surface area contributed by atoms with Crippen LogP contribution in [-0.2, 0) is 14.2 Å². The molecule has 0 heterocycles. The molecule has 0 fully saturated rings. The number of ether oxygens (including phenoxy) is 3. The molecule has 14 heteroatoms. The lowest BCUT2D eigenvalue weighted by Gasteiger charge is -2.30. The van der Waals surface area contributed by atoms with Gasteiger partial charge in [-0.1, -0.05) is 15.9 Å². The van der Waals surface area contributed by atoms with E-state index in [2.05, 4.69) is 25.4 Å². The molecule has 23 heavy (non-hydrogen) atoms. The van der Waals surface area contributed by atoms with Crippen LogP contribution in [0.25, 0.3) is 0 Å². The molecule has 3 nitrogen and oxygen atoms in total. The number of rotatable bonds is 11. The maximum Gasteiger partial charge on any atom is 0.453 e. The number of alkyl halides is 11. The van der Waals surface area contributed by atoms with E-state index in [9.17, 15) is 43.9 Å². The third kappa shape index (κ3) is 7.39. The average molecular weight is 435 g/mol. The van der Waals surface area contributed by atoms with Gasteiger partial charge in [-0.05, 0) is 6.42 Å². The third-order valence-corrected chi connectivity index (χ3v) is 2.39. The van der Waals surface area contributed by atoms with Gasteiger partial charge < -0.3 is 4.74 Å². The normalized spacial score (nSPS) is 14.6. The zero-order chi connectivity index (χ0) is 18.5. The molecule has 0 aliphatic rings. The van der Waals surface area contributed by atoms with Gasteiger partial charge in [0, 0.05) is 11.9 Å². The van der Waals surface area contributed by atoms with Gasteiger partial charge in [-0.3, -0.25) is 0 Å². The van der Waals surface area contributed by atoms with Crippen molar-refractivity contribution in [3.63, 3.8) is 0 Å². The first-order valence-electron chi connectivity index (χ1n) is 5.50. The Balaban J connectivity index is 4.87. The molecule has 0 bridgehead atoms. The van der Waals surface area contributed by atoms with Crippen molar-refractivity contribution in [1.82, 2.24) is 0 Å². The fourth-order valence-corrected chi connectivity index (χ4v) is 1.13. The molecule has 0 N–H and O–H groups in total. The van der Waals surface area contributed by atoms with Crippen molar-refractivity contribution in [2.24, 2.45) is 0 Å². The summed E-state index contributed by atoms with van der Waals surface area (Å²) in [5.41, 5.74) is 0. The van der Waals surface area contributed by atoms with Gasteiger partial charge in [-0.15, -0.1) is 0 Å². The highest BCUT2D eigenvalue weighted by Gasteiger charge is 2.68. The monoisotopic (exact) mass is 434 g/mol. The van der Waals surface area contributed by atoms with Crippen LogP contribution in [0, 0.1) is 0 Å². The van der Waals surface area contributed by atoms with Crippen molar-refractivity contribution in [2.75, 3.05) is 18.5 Å². The van der Waals surface area contributed by atoms with Crippen molar-refractivity contribution >= 4 is 15.9 Å². The quantitative estimate of drug-likeness (QED) is 0.273. The van der Waals surface area contributed by atoms with Crippen molar-refractivity contribution < 1.29 is 58.1 Å². The lowest BCUT2D eigenvalue weighted by Crippen LogP contribution is -2.53. The van der Waals surface area contributed by atoms with E-state index in [0.29, 0.717) is 5.33 Å². The van der Waals surface area contributed by atoms with E-state index in [1.807, 2.05) is 4.74 Å². The van der Waals surface area contributed by atoms with E-state index in [-0.39, 0.29) is 13.0 Å². The molecule has 0 spiro atoms. The molecule has 0 aliphatic heterocycles. The minimum atomic E-state index is -6.47. The summed E-state index contributed by atoms with van der Waals surface area (Å²) in [6.07, 6.45) is -28.6. The van der Waals surface area contributed by atoms with Gasteiger partial charge in [0.2, 0.25) is 0 Å². The van der Waals surface area contributed by atoms with E-state index in [4.69, 9.17) is 0 Å². The van der Waals surface area contributed by atoms with Crippen molar-refractivity contribution in [3.05, 3.63) is 0 Å². The summed E-state index contributed by atoms with van der Waals surface area (Å²) < 4.78 is 133. The van der Waals surface area contributed by atoms with E-state index in [1.54, 1.807) is 0 Å². The average Bonchev–Trinajstić information content (AvgIpc) is 2.31. The summed E-state index contributed by atoms with van der Waals surface area (Å²) in [7, 11) is 0. The molecule has 140 valence electrons. The zero-order valence-corrected chi connectivity index (χ0v) is 12.4. The fraction of sp³-hybridized carbons (Fsp3) is 1.00. The van der Waals surface area contributed by atoms with E-state index >= 15 is 0 Å². The first-order valence-corrected chi connectivity index (χ1v) is 6.62. The van der Waals surface area contributed by atoms with Crippen LogP contribution in [0.5, 0.6) is 0 Å². The van der Waals surface area contributed by atoms with E-state index < -0.39 is 37.5 Å². The molecule has 0 unspecified atom stereocenters. The summed E-state index contributed by atoms with van der Waals surface area (Å²) >= 11 is 2.88. The Kier molecular flexibility index (Phi) is 8.04. The van der Waals surface area contributed by atoms with Gasteiger partial charge in [0.1, 0.15) is 6.61 Å². The van der Waals surface area contributed by atoms with E-state index in [1.165, 1.54) is 0 Å². The Morgan fingerprint density at radius 1 is 0.826 bits per heavy atom. The van der Waals surface area contributed by atoms with Crippen molar-refractivity contribution in [3.8, 4) is 0 Å². The Hall–Kier alpha value is -0.340. The van der Waals surface area contributed by atoms with Crippen LogP contribution in [0.1, 0.15) is 6.42 Å². The van der Waals surface area contributed by atoms with Gasteiger partial charge in [0.15, 0.2) is 0 Å². The Morgan fingerprint density at radius 3 is 1.74 bits per heavy atom. The second-order valence-corrected chi connectivity index (χ2v) is 4.63. The summed E-state index contributed by atoms with van der Waals surface area (Å²) in [6.45, 7) is -2.29. The molecule has 0 aromatic rings. The molecule has 0 aromatic heterocycles. The number of hydrogen-bond donors (Lipinski definition) is 0. The summed E-state index contributed by atoms with van der Waals surface area (Å²) in [5, 5.41) is 0.296. The highest BCUT2D eigenvalue weighted by atomic mass is 79.9. The minimum Gasteiger partial charge on any atom is -0.372 e. The maximum atomic E-state index is 12.9. The maximum absolute atomic E-state index is 12.9. The standard InChI is InChI=1S/C9H9BrF10O3/c10-2-1-3-21-4-6(13,14)22-8(17,18)9(19,20)23-7(15,16)5(11)12/h5H,1-4H2. The van der Waals surface area contributed by atoms with Crippen LogP contribution in [-0.4, -0.2) is 49.4 Å². The zero-order valence-electron chi connectivity index (χ0n) is 10.8. The molecule has 0 amide bonds. The summed E-state index contributed by atoms with van der Waals surface area (Å²) in [5.74, 6) is 0. The van der Waals surface area contributed by atoms with Crippen molar-refractivity contribution in [1.29, 1.82) is 0 Å². The van der Waals surface area contributed by atoms with Crippen LogP contribution in [0.3, 0.4) is 0 Å². The van der Waals surface area contributed by atoms with Crippen LogP contribution in [0.2, 0.25) is 0 Å². The minimum absolute atomic E-state index is 0.159. The van der Waals surface area contributed by atoms with Crippen LogP contribution >= 0.6 is 15.9 Å². The topological polar surface area (TPSA) is 27.7 Å². The van der Waals surface area contributed by atoms with Crippen LogP contribution < -0.4 is 0 Å². The first-order chi connectivity index (χ1) is 10.2. The Morgan fingerprint density at radius 2 is 1.30 bits per heavy atom. The Bertz CT molecular complexity index is 365. The van der Waals surface area contributed by atoms with Gasteiger partial charge in [-0.25, -0.2) is 18.3 Å². The lowest BCUT2D eigenvalue weighted by molar-refractivity contribution is -0.521. The molecule has 0 radical (unpaired) electrons. The van der Waals surface area contributed by atoms with Crippen LogP contribution in [0.15, 0.2) is 0 Å². The first kappa shape index (κ1) is 22.7. The van der Waals surface area contributed by atoms with E-state index in [0.717, 1.165) is 0 Å². The second kappa shape index (κ2) is 8.16. The molecule has 0 saturated heterocycles. The number of hydrogen-bond acceptors (Lipinski definition) is 3.